The van der Waals surface area contributed by atoms with Gasteiger partial charge in [0, 0.05) is 12.0 Å². The van der Waals surface area contributed by atoms with Crippen LogP contribution < -0.4 is 14.2 Å². The molecule has 0 aliphatic rings. The highest BCUT2D eigenvalue weighted by Gasteiger charge is 2.09. The second kappa shape index (κ2) is 10.7. The molecule has 2 aromatic rings. The van der Waals surface area contributed by atoms with Crippen molar-refractivity contribution in [1.82, 2.24) is 0 Å². The topological polar surface area (TPSA) is 71.1 Å². The molecule has 6 nitrogen and oxygen atoms in total. The summed E-state index contributed by atoms with van der Waals surface area (Å²) >= 11 is 0. The molecule has 0 N–H and O–H groups in total. The number of hydrogen-bond acceptors (Lipinski definition) is 6. The molecule has 0 saturated heterocycles. The van der Waals surface area contributed by atoms with Crippen molar-refractivity contribution in [3.63, 3.8) is 0 Å². The molecule has 140 valence electrons. The summed E-state index contributed by atoms with van der Waals surface area (Å²) in [7, 11) is 0. The lowest BCUT2D eigenvalue weighted by Gasteiger charge is -2.07. The number of ether oxygens (including phenoxy) is 4. The van der Waals surface area contributed by atoms with Crippen molar-refractivity contribution in [2.45, 2.75) is 6.92 Å². The standard InChI is InChI=1S/C22H16O6/c1-3-5-6-15-25-18-11-13-20(14-12-18)28-22(24)17-7-9-19(10-8-17)26-16-27-21(23)4-2/h4,7-14H,2,16H2,1H3. The number of carbonyl (C=O) groups excluding carboxylic acids is 2. The van der Waals surface area contributed by atoms with Gasteiger partial charge in [0.05, 0.1) is 5.56 Å². The van der Waals surface area contributed by atoms with E-state index in [1.807, 2.05) is 0 Å². The van der Waals surface area contributed by atoms with E-state index >= 15 is 0 Å². The third-order valence-corrected chi connectivity index (χ3v) is 3.13. The Morgan fingerprint density at radius 2 is 1.61 bits per heavy atom. The van der Waals surface area contributed by atoms with E-state index in [0.717, 1.165) is 6.08 Å². The minimum atomic E-state index is -0.585. The predicted octanol–water partition coefficient (Wildman–Crippen LogP) is 3.33. The molecule has 0 aliphatic heterocycles. The van der Waals surface area contributed by atoms with E-state index in [4.69, 9.17) is 18.9 Å². The zero-order valence-electron chi connectivity index (χ0n) is 15.1. The largest absolute Gasteiger partial charge is 0.457 e. The van der Waals surface area contributed by atoms with Gasteiger partial charge >= 0.3 is 11.9 Å². The molecule has 0 bridgehead atoms. The Morgan fingerprint density at radius 3 is 2.25 bits per heavy atom. The van der Waals surface area contributed by atoms with Crippen molar-refractivity contribution in [3.8, 4) is 41.1 Å². The van der Waals surface area contributed by atoms with Crippen molar-refractivity contribution in [1.29, 1.82) is 0 Å². The van der Waals surface area contributed by atoms with Gasteiger partial charge in [0.1, 0.15) is 23.4 Å². The summed E-state index contributed by atoms with van der Waals surface area (Å²) in [5, 5.41) is 0. The summed E-state index contributed by atoms with van der Waals surface area (Å²) < 4.78 is 20.4. The Hall–Kier alpha value is -4.16. The third-order valence-electron chi connectivity index (χ3n) is 3.13. The van der Waals surface area contributed by atoms with E-state index in [9.17, 15) is 9.59 Å². The van der Waals surface area contributed by atoms with E-state index in [0.29, 0.717) is 22.8 Å². The summed E-state index contributed by atoms with van der Waals surface area (Å²) in [6, 6.07) is 12.6. The number of esters is 2. The molecule has 0 unspecified atom stereocenters. The van der Waals surface area contributed by atoms with Crippen LogP contribution in [0.2, 0.25) is 0 Å². The Balaban J connectivity index is 1.88. The van der Waals surface area contributed by atoms with Gasteiger partial charge in [0.2, 0.25) is 6.79 Å². The van der Waals surface area contributed by atoms with Crippen molar-refractivity contribution in [2.24, 2.45) is 0 Å². The minimum absolute atomic E-state index is 0.252. The van der Waals surface area contributed by atoms with Gasteiger partial charge < -0.3 is 18.9 Å². The van der Waals surface area contributed by atoms with Crippen molar-refractivity contribution >= 4 is 11.9 Å². The summed E-state index contributed by atoms with van der Waals surface area (Å²) in [4.78, 5) is 23.1. The Kier molecular flexibility index (Phi) is 7.74. The molecule has 6 heteroatoms. The van der Waals surface area contributed by atoms with Crippen LogP contribution in [0.25, 0.3) is 0 Å². The highest BCUT2D eigenvalue weighted by Crippen LogP contribution is 2.19. The molecule has 28 heavy (non-hydrogen) atoms. The van der Waals surface area contributed by atoms with Gasteiger partial charge in [0.15, 0.2) is 0 Å². The van der Waals surface area contributed by atoms with E-state index in [-0.39, 0.29) is 6.79 Å². The SMILES string of the molecule is C=CC(=O)OCOc1ccc(C(=O)Oc2ccc(OC#CC#CC)cc2)cc1. The van der Waals surface area contributed by atoms with Crippen LogP contribution in [0.5, 0.6) is 17.2 Å². The Labute approximate surface area is 162 Å². The molecule has 0 fully saturated rings. The zero-order valence-corrected chi connectivity index (χ0v) is 15.1. The van der Waals surface area contributed by atoms with Crippen LogP contribution in [0.15, 0.2) is 61.2 Å². The second-order valence-corrected chi connectivity index (χ2v) is 5.02. The first-order chi connectivity index (χ1) is 13.6. The molecule has 0 atom stereocenters. The number of benzene rings is 2. The Bertz CT molecular complexity index is 951. The van der Waals surface area contributed by atoms with Crippen LogP contribution in [-0.4, -0.2) is 18.7 Å². The summed E-state index contributed by atoms with van der Waals surface area (Å²) in [5.41, 5.74) is 0.333. The minimum Gasteiger partial charge on any atom is -0.457 e. The highest BCUT2D eigenvalue weighted by molar-refractivity contribution is 5.91. The molecule has 0 spiro atoms. The predicted molar refractivity (Wildman–Crippen MR) is 101 cm³/mol. The van der Waals surface area contributed by atoms with Gasteiger partial charge in [-0.1, -0.05) is 12.5 Å². The van der Waals surface area contributed by atoms with Crippen LogP contribution in [0.4, 0.5) is 0 Å². The van der Waals surface area contributed by atoms with Crippen molar-refractivity contribution in [2.75, 3.05) is 6.79 Å². The van der Waals surface area contributed by atoms with Crippen LogP contribution in [0, 0.1) is 23.9 Å². The fourth-order valence-corrected chi connectivity index (χ4v) is 1.82. The van der Waals surface area contributed by atoms with Gasteiger partial charge in [-0.3, -0.25) is 0 Å². The molecule has 0 radical (unpaired) electrons. The van der Waals surface area contributed by atoms with E-state index in [1.54, 1.807) is 43.3 Å². The number of hydrogen-bond donors (Lipinski definition) is 0. The molecule has 0 aliphatic carbocycles. The smallest absolute Gasteiger partial charge is 0.343 e. The maximum Gasteiger partial charge on any atom is 0.343 e. The summed E-state index contributed by atoms with van der Waals surface area (Å²) in [5.74, 6) is 7.88. The monoisotopic (exact) mass is 376 g/mol. The first-order valence-electron chi connectivity index (χ1n) is 8.05. The van der Waals surface area contributed by atoms with E-state index < -0.39 is 11.9 Å². The number of rotatable bonds is 7. The van der Waals surface area contributed by atoms with Gasteiger partial charge in [-0.05, 0) is 61.4 Å². The van der Waals surface area contributed by atoms with Crippen molar-refractivity contribution < 1.29 is 28.5 Å². The van der Waals surface area contributed by atoms with E-state index in [1.165, 1.54) is 12.1 Å². The fourth-order valence-electron chi connectivity index (χ4n) is 1.82. The molecule has 0 saturated carbocycles. The fraction of sp³-hybridized carbons (Fsp3) is 0.0909. The molecular formula is C22H16O6. The highest BCUT2D eigenvalue weighted by atomic mass is 16.7. The summed E-state index contributed by atoms with van der Waals surface area (Å²) in [6.07, 6.45) is 3.48. The van der Waals surface area contributed by atoms with E-state index in [2.05, 4.69) is 30.4 Å². The zero-order chi connectivity index (χ0) is 20.2. The quantitative estimate of drug-likeness (QED) is 0.243. The lowest BCUT2D eigenvalue weighted by atomic mass is 10.2. The van der Waals surface area contributed by atoms with Crippen molar-refractivity contribution in [3.05, 3.63) is 66.7 Å². The first-order valence-corrected chi connectivity index (χ1v) is 8.05. The van der Waals surface area contributed by atoms with Crippen LogP contribution in [-0.2, 0) is 9.53 Å². The molecule has 0 aromatic heterocycles. The normalized spacial score (nSPS) is 8.89. The third kappa shape index (κ3) is 6.62. The van der Waals surface area contributed by atoms with Gasteiger partial charge in [-0.15, -0.1) is 0 Å². The molecular weight excluding hydrogens is 360 g/mol. The average molecular weight is 376 g/mol. The van der Waals surface area contributed by atoms with Crippen LogP contribution >= 0.6 is 0 Å². The first kappa shape index (κ1) is 20.2. The van der Waals surface area contributed by atoms with Gasteiger partial charge in [-0.25, -0.2) is 9.59 Å². The lowest BCUT2D eigenvalue weighted by Crippen LogP contribution is -2.09. The number of carbonyl (C=O) groups is 2. The molecule has 0 amide bonds. The second-order valence-electron chi connectivity index (χ2n) is 5.02. The molecule has 0 heterocycles. The summed E-state index contributed by atoms with van der Waals surface area (Å²) in [6.45, 7) is 4.71. The van der Waals surface area contributed by atoms with Gasteiger partial charge in [-0.2, -0.15) is 0 Å². The maximum atomic E-state index is 12.2. The molecule has 2 aromatic carbocycles. The lowest BCUT2D eigenvalue weighted by molar-refractivity contribution is -0.144. The van der Waals surface area contributed by atoms with Gasteiger partial charge in [0.25, 0.3) is 0 Å². The molecule has 2 rings (SSSR count). The van der Waals surface area contributed by atoms with Crippen LogP contribution in [0.1, 0.15) is 17.3 Å². The Morgan fingerprint density at radius 1 is 0.964 bits per heavy atom. The maximum absolute atomic E-state index is 12.2. The van der Waals surface area contributed by atoms with Crippen LogP contribution in [0.3, 0.4) is 0 Å². The average Bonchev–Trinajstić information content (AvgIpc) is 2.72.